The standard InChI is InChI=1S/C13H19BrO4/c1-15-5-6-17-7-8-18-10-11-3-4-13(16-2)12(14)9-11/h3-4,9H,5-8,10H2,1-2H3. The second kappa shape index (κ2) is 9.33. The fourth-order valence-electron chi connectivity index (χ4n) is 1.35. The summed E-state index contributed by atoms with van der Waals surface area (Å²) in [6.45, 7) is 2.95. The molecule has 102 valence electrons. The molecule has 0 amide bonds. The van der Waals surface area contributed by atoms with Gasteiger partial charge in [-0.05, 0) is 33.6 Å². The Morgan fingerprint density at radius 3 is 2.39 bits per heavy atom. The molecule has 0 saturated heterocycles. The van der Waals surface area contributed by atoms with Crippen molar-refractivity contribution in [1.29, 1.82) is 0 Å². The number of halogens is 1. The van der Waals surface area contributed by atoms with Crippen LogP contribution in [0.1, 0.15) is 5.56 Å². The number of hydrogen-bond donors (Lipinski definition) is 0. The van der Waals surface area contributed by atoms with Gasteiger partial charge in [0, 0.05) is 7.11 Å². The molecule has 1 aromatic rings. The lowest BCUT2D eigenvalue weighted by molar-refractivity contribution is 0.0199. The van der Waals surface area contributed by atoms with Crippen molar-refractivity contribution in [2.75, 3.05) is 40.6 Å². The van der Waals surface area contributed by atoms with Crippen molar-refractivity contribution in [2.24, 2.45) is 0 Å². The SMILES string of the molecule is COCCOCCOCc1ccc(OC)c(Br)c1. The topological polar surface area (TPSA) is 36.9 Å². The predicted octanol–water partition coefficient (Wildman–Crippen LogP) is 2.64. The minimum absolute atomic E-state index is 0.566. The lowest BCUT2D eigenvalue weighted by Crippen LogP contribution is -2.08. The van der Waals surface area contributed by atoms with Crippen LogP contribution < -0.4 is 4.74 Å². The third-order valence-electron chi connectivity index (χ3n) is 2.29. The van der Waals surface area contributed by atoms with E-state index in [1.807, 2.05) is 18.2 Å². The largest absolute Gasteiger partial charge is 0.496 e. The fraction of sp³-hybridized carbons (Fsp3) is 0.538. The van der Waals surface area contributed by atoms with Crippen molar-refractivity contribution in [3.05, 3.63) is 28.2 Å². The van der Waals surface area contributed by atoms with E-state index in [-0.39, 0.29) is 0 Å². The maximum atomic E-state index is 5.50. The number of methoxy groups -OCH3 is 2. The van der Waals surface area contributed by atoms with Crippen molar-refractivity contribution in [1.82, 2.24) is 0 Å². The first-order valence-electron chi connectivity index (χ1n) is 5.74. The molecule has 0 aliphatic carbocycles. The molecule has 4 nitrogen and oxygen atoms in total. The molecule has 0 unspecified atom stereocenters. The lowest BCUT2D eigenvalue weighted by Gasteiger charge is -2.08. The van der Waals surface area contributed by atoms with Gasteiger partial charge in [-0.1, -0.05) is 6.07 Å². The Kier molecular flexibility index (Phi) is 8.00. The van der Waals surface area contributed by atoms with Crippen LogP contribution in [0.4, 0.5) is 0 Å². The molecule has 0 radical (unpaired) electrons. The Balaban J connectivity index is 2.17. The highest BCUT2D eigenvalue weighted by atomic mass is 79.9. The van der Waals surface area contributed by atoms with Crippen LogP contribution in [0.5, 0.6) is 5.75 Å². The maximum absolute atomic E-state index is 5.50. The van der Waals surface area contributed by atoms with Crippen molar-refractivity contribution in [3.63, 3.8) is 0 Å². The number of rotatable bonds is 9. The zero-order chi connectivity index (χ0) is 13.2. The molecule has 0 aromatic heterocycles. The second-order valence-corrected chi connectivity index (χ2v) is 4.48. The molecule has 0 atom stereocenters. The molecule has 0 saturated carbocycles. The summed E-state index contributed by atoms with van der Waals surface area (Å²) in [5.74, 6) is 0.821. The van der Waals surface area contributed by atoms with Crippen LogP contribution >= 0.6 is 15.9 Å². The Hall–Kier alpha value is -0.620. The normalized spacial score (nSPS) is 10.6. The Bertz CT molecular complexity index is 344. The van der Waals surface area contributed by atoms with Gasteiger partial charge >= 0.3 is 0 Å². The molecule has 0 aliphatic rings. The van der Waals surface area contributed by atoms with Crippen molar-refractivity contribution < 1.29 is 18.9 Å². The molecule has 1 rings (SSSR count). The van der Waals surface area contributed by atoms with Crippen LogP contribution in [0.25, 0.3) is 0 Å². The van der Waals surface area contributed by atoms with Crippen LogP contribution in [-0.2, 0) is 20.8 Å². The Morgan fingerprint density at radius 2 is 1.72 bits per heavy atom. The Morgan fingerprint density at radius 1 is 1.00 bits per heavy atom. The molecule has 0 N–H and O–H groups in total. The summed E-state index contributed by atoms with van der Waals surface area (Å²) in [7, 11) is 3.30. The van der Waals surface area contributed by atoms with Gasteiger partial charge in [0.2, 0.25) is 0 Å². The van der Waals surface area contributed by atoms with E-state index in [2.05, 4.69) is 15.9 Å². The van der Waals surface area contributed by atoms with E-state index in [1.165, 1.54) is 0 Å². The van der Waals surface area contributed by atoms with Crippen LogP contribution in [0.2, 0.25) is 0 Å². The first-order chi connectivity index (χ1) is 8.77. The first-order valence-corrected chi connectivity index (χ1v) is 6.54. The average Bonchev–Trinajstić information content (AvgIpc) is 2.38. The number of hydrogen-bond acceptors (Lipinski definition) is 4. The lowest BCUT2D eigenvalue weighted by atomic mass is 10.2. The summed E-state index contributed by atoms with van der Waals surface area (Å²) in [6, 6.07) is 5.89. The van der Waals surface area contributed by atoms with Crippen LogP contribution in [0.3, 0.4) is 0 Å². The minimum Gasteiger partial charge on any atom is -0.496 e. The highest BCUT2D eigenvalue weighted by Gasteiger charge is 2.01. The number of benzene rings is 1. The summed E-state index contributed by atoms with van der Waals surface area (Å²) in [4.78, 5) is 0. The van der Waals surface area contributed by atoms with Crippen LogP contribution in [0, 0.1) is 0 Å². The first kappa shape index (κ1) is 15.4. The van der Waals surface area contributed by atoms with Gasteiger partial charge in [0.15, 0.2) is 0 Å². The van der Waals surface area contributed by atoms with Gasteiger partial charge in [0.1, 0.15) is 5.75 Å². The van der Waals surface area contributed by atoms with Gasteiger partial charge in [-0.3, -0.25) is 0 Å². The predicted molar refractivity (Wildman–Crippen MR) is 73.0 cm³/mol. The molecule has 0 heterocycles. The summed E-state index contributed by atoms with van der Waals surface area (Å²) in [5.41, 5.74) is 1.10. The number of ether oxygens (including phenoxy) is 4. The van der Waals surface area contributed by atoms with Crippen LogP contribution in [0.15, 0.2) is 22.7 Å². The third kappa shape index (κ3) is 5.82. The highest BCUT2D eigenvalue weighted by Crippen LogP contribution is 2.25. The maximum Gasteiger partial charge on any atom is 0.133 e. The van der Waals surface area contributed by atoms with Crippen LogP contribution in [-0.4, -0.2) is 40.6 Å². The van der Waals surface area contributed by atoms with E-state index in [0.29, 0.717) is 33.0 Å². The molecule has 5 heteroatoms. The quantitative estimate of drug-likeness (QED) is 0.656. The summed E-state index contributed by atoms with van der Waals surface area (Å²) in [5, 5.41) is 0. The highest BCUT2D eigenvalue weighted by molar-refractivity contribution is 9.10. The van der Waals surface area contributed by atoms with Gasteiger partial charge in [-0.15, -0.1) is 0 Å². The van der Waals surface area contributed by atoms with E-state index in [0.717, 1.165) is 15.8 Å². The van der Waals surface area contributed by atoms with Gasteiger partial charge in [0.05, 0.1) is 44.6 Å². The van der Waals surface area contributed by atoms with E-state index >= 15 is 0 Å². The third-order valence-corrected chi connectivity index (χ3v) is 2.91. The molecular formula is C13H19BrO4. The van der Waals surface area contributed by atoms with Gasteiger partial charge in [0.25, 0.3) is 0 Å². The minimum atomic E-state index is 0.566. The van der Waals surface area contributed by atoms with E-state index in [1.54, 1.807) is 14.2 Å². The molecule has 0 aliphatic heterocycles. The molecule has 0 fully saturated rings. The van der Waals surface area contributed by atoms with Crippen molar-refractivity contribution in [2.45, 2.75) is 6.61 Å². The monoisotopic (exact) mass is 318 g/mol. The summed E-state index contributed by atoms with van der Waals surface area (Å²) < 4.78 is 21.8. The van der Waals surface area contributed by atoms with Crippen molar-refractivity contribution in [3.8, 4) is 5.75 Å². The van der Waals surface area contributed by atoms with E-state index < -0.39 is 0 Å². The molecule has 18 heavy (non-hydrogen) atoms. The second-order valence-electron chi connectivity index (χ2n) is 3.63. The smallest absolute Gasteiger partial charge is 0.133 e. The zero-order valence-corrected chi connectivity index (χ0v) is 12.4. The molecule has 0 bridgehead atoms. The summed E-state index contributed by atoms with van der Waals surface area (Å²) >= 11 is 3.44. The van der Waals surface area contributed by atoms with Gasteiger partial charge in [-0.2, -0.15) is 0 Å². The zero-order valence-electron chi connectivity index (χ0n) is 10.8. The van der Waals surface area contributed by atoms with Gasteiger partial charge < -0.3 is 18.9 Å². The average molecular weight is 319 g/mol. The van der Waals surface area contributed by atoms with Crippen molar-refractivity contribution >= 4 is 15.9 Å². The molecular weight excluding hydrogens is 300 g/mol. The Labute approximate surface area is 116 Å². The summed E-state index contributed by atoms with van der Waals surface area (Å²) in [6.07, 6.45) is 0. The van der Waals surface area contributed by atoms with E-state index in [9.17, 15) is 0 Å². The fourth-order valence-corrected chi connectivity index (χ4v) is 1.94. The molecule has 0 spiro atoms. The van der Waals surface area contributed by atoms with Gasteiger partial charge in [-0.25, -0.2) is 0 Å². The van der Waals surface area contributed by atoms with E-state index in [4.69, 9.17) is 18.9 Å². The molecule has 1 aromatic carbocycles.